The van der Waals surface area contributed by atoms with Crippen LogP contribution in [0.2, 0.25) is 0 Å². The van der Waals surface area contributed by atoms with Crippen LogP contribution in [0.5, 0.6) is 0 Å². The third-order valence-corrected chi connectivity index (χ3v) is 3.67. The normalized spacial score (nSPS) is 21.8. The Morgan fingerprint density at radius 1 is 1.18 bits per heavy atom. The van der Waals surface area contributed by atoms with E-state index >= 15 is 0 Å². The van der Waals surface area contributed by atoms with Crippen LogP contribution in [0.15, 0.2) is 0 Å². The van der Waals surface area contributed by atoms with E-state index in [1.807, 2.05) is 19.0 Å². The highest BCUT2D eigenvalue weighted by Crippen LogP contribution is 2.29. The summed E-state index contributed by atoms with van der Waals surface area (Å²) in [6, 6.07) is 0.553. The van der Waals surface area contributed by atoms with Crippen molar-refractivity contribution in [1.29, 1.82) is 0 Å². The average molecular weight is 239 g/mol. The molecule has 1 saturated carbocycles. The van der Waals surface area contributed by atoms with Crippen LogP contribution in [0.25, 0.3) is 0 Å². The number of hydrogen-bond donors (Lipinski definition) is 1. The summed E-state index contributed by atoms with van der Waals surface area (Å²) in [5.41, 5.74) is 0. The molecule has 1 aliphatic heterocycles. The molecule has 0 radical (unpaired) electrons. The quantitative estimate of drug-likeness (QED) is 0.760. The standard InChI is InChI=1S/C13H25N3O/c1-15(2)10-13(17)16(12-3-4-12)9-11-5-7-14-8-6-11/h11-12,14H,3-10H2,1-2H3. The van der Waals surface area contributed by atoms with Gasteiger partial charge >= 0.3 is 0 Å². The molecule has 1 saturated heterocycles. The summed E-state index contributed by atoms with van der Waals surface area (Å²) in [6.07, 6.45) is 4.87. The Morgan fingerprint density at radius 2 is 1.82 bits per heavy atom. The first-order valence-corrected chi connectivity index (χ1v) is 6.81. The largest absolute Gasteiger partial charge is 0.338 e. The van der Waals surface area contributed by atoms with Gasteiger partial charge in [-0.15, -0.1) is 0 Å². The van der Waals surface area contributed by atoms with Gasteiger partial charge in [-0.05, 0) is 58.8 Å². The molecule has 0 aromatic rings. The molecule has 4 nitrogen and oxygen atoms in total. The van der Waals surface area contributed by atoms with Crippen LogP contribution in [0.1, 0.15) is 25.7 Å². The SMILES string of the molecule is CN(C)CC(=O)N(CC1CCNCC1)C1CC1. The Morgan fingerprint density at radius 3 is 2.35 bits per heavy atom. The topological polar surface area (TPSA) is 35.6 Å². The Balaban J connectivity index is 1.85. The summed E-state index contributed by atoms with van der Waals surface area (Å²) in [4.78, 5) is 16.3. The molecule has 1 amide bonds. The monoisotopic (exact) mass is 239 g/mol. The van der Waals surface area contributed by atoms with E-state index in [-0.39, 0.29) is 0 Å². The Hall–Kier alpha value is -0.610. The summed E-state index contributed by atoms with van der Waals surface area (Å²) in [5, 5.41) is 3.38. The van der Waals surface area contributed by atoms with Crippen molar-refractivity contribution in [3.63, 3.8) is 0 Å². The van der Waals surface area contributed by atoms with E-state index in [9.17, 15) is 4.79 Å². The van der Waals surface area contributed by atoms with Gasteiger partial charge in [0, 0.05) is 12.6 Å². The first kappa shape index (κ1) is 12.8. The molecule has 0 unspecified atom stereocenters. The fraction of sp³-hybridized carbons (Fsp3) is 0.923. The molecule has 98 valence electrons. The second-order valence-electron chi connectivity index (χ2n) is 5.71. The molecule has 2 aliphatic rings. The molecule has 0 aromatic heterocycles. The molecule has 1 N–H and O–H groups in total. The maximum atomic E-state index is 12.2. The summed E-state index contributed by atoms with van der Waals surface area (Å²) in [7, 11) is 3.93. The van der Waals surface area contributed by atoms with Gasteiger partial charge in [0.25, 0.3) is 0 Å². The number of likely N-dealkylation sites (N-methyl/N-ethyl adjacent to an activating group) is 1. The lowest BCUT2D eigenvalue weighted by molar-refractivity contribution is -0.133. The lowest BCUT2D eigenvalue weighted by Crippen LogP contribution is -2.43. The highest BCUT2D eigenvalue weighted by Gasteiger charge is 2.34. The average Bonchev–Trinajstić information content (AvgIpc) is 3.10. The molecular weight excluding hydrogens is 214 g/mol. The predicted octanol–water partition coefficient (Wildman–Crippen LogP) is 0.539. The van der Waals surface area contributed by atoms with Gasteiger partial charge in [0.1, 0.15) is 0 Å². The van der Waals surface area contributed by atoms with Gasteiger partial charge in [-0.25, -0.2) is 0 Å². The zero-order valence-electron chi connectivity index (χ0n) is 11.1. The first-order chi connectivity index (χ1) is 8.16. The molecule has 0 aromatic carbocycles. The van der Waals surface area contributed by atoms with Crippen molar-refractivity contribution in [3.05, 3.63) is 0 Å². The third kappa shape index (κ3) is 3.96. The molecule has 2 rings (SSSR count). The fourth-order valence-electron chi connectivity index (χ4n) is 2.54. The molecule has 0 bridgehead atoms. The lowest BCUT2D eigenvalue weighted by Gasteiger charge is -2.31. The second-order valence-corrected chi connectivity index (χ2v) is 5.71. The molecule has 0 spiro atoms. The minimum Gasteiger partial charge on any atom is -0.338 e. The van der Waals surface area contributed by atoms with Crippen LogP contribution >= 0.6 is 0 Å². The van der Waals surface area contributed by atoms with E-state index < -0.39 is 0 Å². The van der Waals surface area contributed by atoms with Crippen molar-refractivity contribution in [2.45, 2.75) is 31.7 Å². The summed E-state index contributed by atoms with van der Waals surface area (Å²) in [6.45, 7) is 3.77. The maximum Gasteiger partial charge on any atom is 0.236 e. The smallest absolute Gasteiger partial charge is 0.236 e. The van der Waals surface area contributed by atoms with E-state index in [4.69, 9.17) is 0 Å². The Kier molecular flexibility index (Phi) is 4.40. The lowest BCUT2D eigenvalue weighted by atomic mass is 9.97. The van der Waals surface area contributed by atoms with E-state index in [1.54, 1.807) is 0 Å². The van der Waals surface area contributed by atoms with Crippen molar-refractivity contribution in [1.82, 2.24) is 15.1 Å². The number of carbonyl (C=O) groups excluding carboxylic acids is 1. The molecule has 1 heterocycles. The van der Waals surface area contributed by atoms with Gasteiger partial charge in [0.15, 0.2) is 0 Å². The number of hydrogen-bond acceptors (Lipinski definition) is 3. The number of amides is 1. The molecule has 2 fully saturated rings. The van der Waals surface area contributed by atoms with Gasteiger partial charge in [-0.3, -0.25) is 4.79 Å². The van der Waals surface area contributed by atoms with Gasteiger partial charge in [-0.1, -0.05) is 0 Å². The van der Waals surface area contributed by atoms with Crippen LogP contribution in [0, 0.1) is 5.92 Å². The van der Waals surface area contributed by atoms with Crippen molar-refractivity contribution < 1.29 is 4.79 Å². The van der Waals surface area contributed by atoms with E-state index in [0.717, 1.165) is 19.6 Å². The summed E-state index contributed by atoms with van der Waals surface area (Å²) < 4.78 is 0. The van der Waals surface area contributed by atoms with Crippen LogP contribution in [-0.2, 0) is 4.79 Å². The van der Waals surface area contributed by atoms with Crippen LogP contribution in [-0.4, -0.2) is 62.0 Å². The minimum atomic E-state index is 0.316. The van der Waals surface area contributed by atoms with Crippen molar-refractivity contribution in [2.24, 2.45) is 5.92 Å². The minimum absolute atomic E-state index is 0.316. The van der Waals surface area contributed by atoms with E-state index in [2.05, 4.69) is 10.2 Å². The molecule has 0 atom stereocenters. The van der Waals surface area contributed by atoms with Crippen molar-refractivity contribution in [3.8, 4) is 0 Å². The number of rotatable bonds is 5. The predicted molar refractivity (Wildman–Crippen MR) is 68.9 cm³/mol. The zero-order chi connectivity index (χ0) is 12.3. The molecule has 1 aliphatic carbocycles. The van der Waals surface area contributed by atoms with Gasteiger partial charge in [0.2, 0.25) is 5.91 Å². The van der Waals surface area contributed by atoms with Gasteiger partial charge in [0.05, 0.1) is 6.54 Å². The van der Waals surface area contributed by atoms with E-state index in [0.29, 0.717) is 24.4 Å². The van der Waals surface area contributed by atoms with Crippen molar-refractivity contribution in [2.75, 3.05) is 40.3 Å². The van der Waals surface area contributed by atoms with Crippen LogP contribution in [0.4, 0.5) is 0 Å². The van der Waals surface area contributed by atoms with Crippen LogP contribution in [0.3, 0.4) is 0 Å². The highest BCUT2D eigenvalue weighted by atomic mass is 16.2. The Labute approximate surface area is 104 Å². The third-order valence-electron chi connectivity index (χ3n) is 3.67. The maximum absolute atomic E-state index is 12.2. The number of piperidine rings is 1. The molecular formula is C13H25N3O. The zero-order valence-corrected chi connectivity index (χ0v) is 11.1. The Bertz CT molecular complexity index is 257. The highest BCUT2D eigenvalue weighted by molar-refractivity contribution is 5.78. The van der Waals surface area contributed by atoms with Crippen molar-refractivity contribution >= 4 is 5.91 Å². The fourth-order valence-corrected chi connectivity index (χ4v) is 2.54. The molecule has 4 heteroatoms. The number of nitrogens with zero attached hydrogens (tertiary/aromatic N) is 2. The molecule has 17 heavy (non-hydrogen) atoms. The summed E-state index contributed by atoms with van der Waals surface area (Å²) >= 11 is 0. The summed E-state index contributed by atoms with van der Waals surface area (Å²) in [5.74, 6) is 1.03. The van der Waals surface area contributed by atoms with Gasteiger partial charge < -0.3 is 15.1 Å². The number of carbonyl (C=O) groups is 1. The number of nitrogens with one attached hydrogen (secondary N) is 1. The second kappa shape index (κ2) is 5.83. The van der Waals surface area contributed by atoms with Crippen LogP contribution < -0.4 is 5.32 Å². The first-order valence-electron chi connectivity index (χ1n) is 6.81. The van der Waals surface area contributed by atoms with E-state index in [1.165, 1.54) is 25.7 Å². The van der Waals surface area contributed by atoms with Gasteiger partial charge in [-0.2, -0.15) is 0 Å².